The molecule has 25 heavy (non-hydrogen) atoms. The van der Waals surface area contributed by atoms with Crippen LogP contribution < -0.4 is 0 Å². The summed E-state index contributed by atoms with van der Waals surface area (Å²) >= 11 is 4.98. The van der Waals surface area contributed by atoms with Crippen LogP contribution in [0.1, 0.15) is 27.7 Å². The third kappa shape index (κ3) is 5.12. The van der Waals surface area contributed by atoms with Crippen molar-refractivity contribution in [2.24, 2.45) is 0 Å². The van der Waals surface area contributed by atoms with Crippen molar-refractivity contribution in [2.45, 2.75) is 53.9 Å². The average molecular weight is 419 g/mol. The van der Waals surface area contributed by atoms with Crippen molar-refractivity contribution in [1.82, 2.24) is 0 Å². The van der Waals surface area contributed by atoms with E-state index >= 15 is 0 Å². The highest BCUT2D eigenvalue weighted by molar-refractivity contribution is 8.26. The van der Waals surface area contributed by atoms with E-state index < -0.39 is 11.4 Å². The van der Waals surface area contributed by atoms with E-state index in [9.17, 15) is 4.57 Å². The van der Waals surface area contributed by atoms with Gasteiger partial charge in [0.05, 0.1) is 17.5 Å². The first-order chi connectivity index (χ1) is 11.8. The minimum atomic E-state index is -3.38. The van der Waals surface area contributed by atoms with Crippen LogP contribution in [-0.4, -0.2) is 33.3 Å². The number of rotatable bonds is 8. The molecule has 0 unspecified atom stereocenters. The third-order valence-corrected chi connectivity index (χ3v) is 12.7. The lowest BCUT2D eigenvalue weighted by molar-refractivity contribution is 0.139. The molecule has 1 aromatic carbocycles. The molecule has 0 aromatic heterocycles. The molecule has 0 aliphatic carbocycles. The van der Waals surface area contributed by atoms with Gasteiger partial charge < -0.3 is 9.05 Å². The third-order valence-electron chi connectivity index (χ3n) is 3.44. The van der Waals surface area contributed by atoms with Crippen LogP contribution in [0.25, 0.3) is 0 Å². The largest absolute Gasteiger partial charge is 0.358 e. The van der Waals surface area contributed by atoms with Gasteiger partial charge in [0.15, 0.2) is 3.82 Å². The quantitative estimate of drug-likeness (QED) is 0.354. The van der Waals surface area contributed by atoms with Gasteiger partial charge in [0.1, 0.15) is 0 Å². The lowest BCUT2D eigenvalue weighted by Gasteiger charge is -2.44. The first-order valence-electron chi connectivity index (χ1n) is 8.37. The summed E-state index contributed by atoms with van der Waals surface area (Å²) in [6.45, 7) is 7.64. The Bertz CT molecular complexity index is 607. The van der Waals surface area contributed by atoms with Crippen LogP contribution in [0.5, 0.6) is 0 Å². The molecule has 140 valence electrons. The van der Waals surface area contributed by atoms with Crippen molar-refractivity contribution in [2.75, 3.05) is 12.0 Å². The van der Waals surface area contributed by atoms with Gasteiger partial charge >= 0.3 is 7.60 Å². The van der Waals surface area contributed by atoms with Crippen LogP contribution in [0.4, 0.5) is 0 Å². The van der Waals surface area contributed by atoms with E-state index in [0.717, 1.165) is 10.6 Å². The Morgan fingerprint density at radius 1 is 1.16 bits per heavy atom. The molecule has 0 radical (unpaired) electrons. The van der Waals surface area contributed by atoms with Crippen LogP contribution in [0.15, 0.2) is 47.4 Å². The van der Waals surface area contributed by atoms with Crippen molar-refractivity contribution in [1.29, 1.82) is 0 Å². The molecule has 0 spiro atoms. The Kier molecular flexibility index (Phi) is 8.06. The summed E-state index contributed by atoms with van der Waals surface area (Å²) in [6, 6.07) is 10.2. The van der Waals surface area contributed by atoms with Crippen LogP contribution >= 0.6 is 42.9 Å². The highest BCUT2D eigenvalue weighted by Gasteiger charge is 2.58. The normalized spacial score (nSPS) is 24.2. The Balaban J connectivity index is 2.44. The Hall–Kier alpha value is 0.160. The molecule has 0 fully saturated rings. The summed E-state index contributed by atoms with van der Waals surface area (Å²) in [4.78, 5) is 1.15. The predicted molar refractivity (Wildman–Crippen MR) is 114 cm³/mol. The maximum absolute atomic E-state index is 14.0. The van der Waals surface area contributed by atoms with Gasteiger partial charge in [0.25, 0.3) is 0 Å². The fraction of sp³-hybridized carbons (Fsp3) is 0.556. The Morgan fingerprint density at radius 2 is 1.76 bits per heavy atom. The van der Waals surface area contributed by atoms with Crippen LogP contribution in [0.3, 0.4) is 0 Å². The number of hydrogen-bond donors (Lipinski definition) is 0. The van der Waals surface area contributed by atoms with Gasteiger partial charge in [-0.25, -0.2) is 0 Å². The minimum Gasteiger partial charge on any atom is -0.304 e. The second-order valence-corrected chi connectivity index (χ2v) is 12.7. The van der Waals surface area contributed by atoms with Gasteiger partial charge in [-0.2, -0.15) is 0 Å². The van der Waals surface area contributed by atoms with E-state index in [1.807, 2.05) is 52.1 Å². The fourth-order valence-electron chi connectivity index (χ4n) is 2.56. The van der Waals surface area contributed by atoms with Crippen molar-refractivity contribution in [3.8, 4) is 0 Å². The minimum absolute atomic E-state index is 0.00742. The molecular weight excluding hydrogens is 391 g/mol. The highest BCUT2D eigenvalue weighted by Crippen LogP contribution is 2.74. The van der Waals surface area contributed by atoms with Gasteiger partial charge in [-0.3, -0.25) is 4.57 Å². The molecule has 1 aromatic rings. The standard InChI is InChI=1S/C18H27O3PS3/c1-14(2)20-22(19,21-15(3)4)18(23-5)17(12-9-13-24-18)25-16-10-7-6-8-11-16/h6-12,14-15,17H,13H2,1-5H3/t17-,18-/m0/s1. The van der Waals surface area contributed by atoms with Crippen molar-refractivity contribution >= 4 is 42.9 Å². The average Bonchev–Trinajstić information content (AvgIpc) is 2.54. The van der Waals surface area contributed by atoms with E-state index in [0.29, 0.717) is 0 Å². The molecule has 2 rings (SSSR count). The van der Waals surface area contributed by atoms with Gasteiger partial charge in [0, 0.05) is 10.6 Å². The lowest BCUT2D eigenvalue weighted by atomic mass is 10.4. The van der Waals surface area contributed by atoms with E-state index in [-0.39, 0.29) is 17.5 Å². The molecule has 0 amide bonds. The van der Waals surface area contributed by atoms with Crippen molar-refractivity contribution in [3.05, 3.63) is 42.5 Å². The Labute approximate surface area is 164 Å². The zero-order chi connectivity index (χ0) is 18.5. The number of hydrogen-bond acceptors (Lipinski definition) is 6. The monoisotopic (exact) mass is 418 g/mol. The summed E-state index contributed by atoms with van der Waals surface area (Å²) in [7, 11) is -3.38. The maximum atomic E-state index is 14.0. The van der Waals surface area contributed by atoms with Gasteiger partial charge in [-0.1, -0.05) is 30.4 Å². The summed E-state index contributed by atoms with van der Waals surface area (Å²) < 4.78 is 25.3. The first kappa shape index (κ1) is 21.5. The van der Waals surface area contributed by atoms with Gasteiger partial charge in [0.2, 0.25) is 0 Å². The van der Waals surface area contributed by atoms with E-state index in [4.69, 9.17) is 9.05 Å². The second kappa shape index (κ2) is 9.38. The summed E-state index contributed by atoms with van der Waals surface area (Å²) in [5.74, 6) is 0.805. The van der Waals surface area contributed by atoms with Crippen molar-refractivity contribution in [3.63, 3.8) is 0 Å². The molecule has 0 saturated carbocycles. The smallest absolute Gasteiger partial charge is 0.304 e. The molecule has 1 heterocycles. The number of thioether (sulfide) groups is 3. The molecule has 2 atom stereocenters. The van der Waals surface area contributed by atoms with Crippen LogP contribution in [0, 0.1) is 0 Å². The summed E-state index contributed by atoms with van der Waals surface area (Å²) in [6.07, 6.45) is 5.98. The fourth-order valence-corrected chi connectivity index (χ4v) is 10.6. The zero-order valence-electron chi connectivity index (χ0n) is 15.4. The lowest BCUT2D eigenvalue weighted by Crippen LogP contribution is -2.37. The van der Waals surface area contributed by atoms with Crippen molar-refractivity contribution < 1.29 is 13.6 Å². The zero-order valence-corrected chi connectivity index (χ0v) is 18.7. The summed E-state index contributed by atoms with van der Waals surface area (Å²) in [5, 5.41) is -0.00742. The first-order valence-corrected chi connectivity index (χ1v) is 13.0. The topological polar surface area (TPSA) is 35.5 Å². The number of benzene rings is 1. The molecule has 3 nitrogen and oxygen atoms in total. The Morgan fingerprint density at radius 3 is 2.28 bits per heavy atom. The highest BCUT2D eigenvalue weighted by atomic mass is 32.2. The maximum Gasteiger partial charge on any atom is 0.358 e. The van der Waals surface area contributed by atoms with E-state index in [2.05, 4.69) is 24.3 Å². The second-order valence-electron chi connectivity index (χ2n) is 6.23. The van der Waals surface area contributed by atoms with Gasteiger partial charge in [-0.15, -0.1) is 35.3 Å². The molecule has 1 aliphatic heterocycles. The summed E-state index contributed by atoms with van der Waals surface area (Å²) in [5.41, 5.74) is 0. The molecule has 0 N–H and O–H groups in total. The molecular formula is C18H27O3PS3. The molecule has 0 saturated heterocycles. The van der Waals surface area contributed by atoms with Crippen LogP contribution in [-0.2, 0) is 13.6 Å². The van der Waals surface area contributed by atoms with E-state index in [1.54, 1.807) is 35.3 Å². The van der Waals surface area contributed by atoms with Gasteiger partial charge in [-0.05, 0) is 46.1 Å². The molecule has 0 bridgehead atoms. The van der Waals surface area contributed by atoms with Crippen LogP contribution in [0.2, 0.25) is 0 Å². The molecule has 1 aliphatic rings. The van der Waals surface area contributed by atoms with E-state index in [1.165, 1.54) is 0 Å². The predicted octanol–water partition coefficient (Wildman–Crippen LogP) is 6.51. The SMILES string of the molecule is CS[C@]1(P(=O)(OC(C)C)OC(C)C)SCC=C[C@@H]1Sc1ccccc1. The molecule has 7 heteroatoms.